The Morgan fingerprint density at radius 3 is 2.27 bits per heavy atom. The predicted molar refractivity (Wildman–Crippen MR) is 133 cm³/mol. The number of fused-ring (bicyclic) bond motifs is 1. The molecule has 3 atom stereocenters. The number of nitrogens with one attached hydrogen (secondary N) is 1. The van der Waals surface area contributed by atoms with Gasteiger partial charge in [-0.05, 0) is 48.4 Å². The first-order valence-electron chi connectivity index (χ1n) is 12.9. The van der Waals surface area contributed by atoms with Gasteiger partial charge in [0.1, 0.15) is 5.82 Å². The van der Waals surface area contributed by atoms with Crippen molar-refractivity contribution in [1.82, 2.24) is 15.3 Å². The van der Waals surface area contributed by atoms with Crippen LogP contribution in [0.2, 0.25) is 0 Å². The van der Waals surface area contributed by atoms with Crippen LogP contribution in [-0.4, -0.2) is 72.9 Å². The van der Waals surface area contributed by atoms with Gasteiger partial charge in [-0.25, -0.2) is 9.38 Å². The van der Waals surface area contributed by atoms with Crippen LogP contribution in [0.5, 0.6) is 0 Å². The van der Waals surface area contributed by atoms with Crippen LogP contribution in [0, 0.1) is 11.7 Å². The number of hydrogen-bond acceptors (Lipinski definition) is 7. The van der Waals surface area contributed by atoms with Crippen LogP contribution in [0.15, 0.2) is 53.5 Å². The van der Waals surface area contributed by atoms with Crippen molar-refractivity contribution in [3.63, 3.8) is 0 Å². The highest BCUT2D eigenvalue weighted by Gasteiger charge is 2.42. The van der Waals surface area contributed by atoms with Crippen molar-refractivity contribution in [3.05, 3.63) is 76.6 Å². The van der Waals surface area contributed by atoms with E-state index in [1.807, 2.05) is 4.90 Å². The molecule has 0 radical (unpaired) electrons. The summed E-state index contributed by atoms with van der Waals surface area (Å²) in [6.07, 6.45) is -9.88. The standard InChI is InChI=1S/C27H27F7N4O3/c28-21-4-2-1-3-19(21)23-13-24(37-5-7-40-8-6-37)41-25-20(14-35-15-36-25)22(38(23)39)11-16-9-17(26(29,30)31)12-18(10-16)27(32,33)34/h1-4,9-10,12-13,20,22,24,35,39H,5-8,11,14-15H2. The van der Waals surface area contributed by atoms with Crippen LogP contribution < -0.4 is 5.32 Å². The Bertz CT molecular complexity index is 1280. The minimum Gasteiger partial charge on any atom is -0.458 e. The summed E-state index contributed by atoms with van der Waals surface area (Å²) in [4.78, 5) is 6.28. The van der Waals surface area contributed by atoms with Gasteiger partial charge >= 0.3 is 12.4 Å². The number of morpholine rings is 1. The number of aliphatic imine (C=N–C) groups is 1. The Hall–Kier alpha value is -3.20. The Morgan fingerprint density at radius 1 is 0.976 bits per heavy atom. The van der Waals surface area contributed by atoms with Crippen molar-refractivity contribution in [2.45, 2.75) is 31.0 Å². The number of rotatable bonds is 4. The molecule has 0 amide bonds. The number of nitrogens with zero attached hydrogens (tertiary/aromatic N) is 3. The molecule has 0 spiro atoms. The minimum absolute atomic E-state index is 0.0222. The van der Waals surface area contributed by atoms with Crippen molar-refractivity contribution in [3.8, 4) is 0 Å². The lowest BCUT2D eigenvalue weighted by Gasteiger charge is -2.42. The molecule has 0 bridgehead atoms. The zero-order valence-electron chi connectivity index (χ0n) is 21.6. The zero-order chi connectivity index (χ0) is 29.4. The smallest absolute Gasteiger partial charge is 0.416 e. The Morgan fingerprint density at radius 2 is 1.63 bits per heavy atom. The maximum absolute atomic E-state index is 15.1. The van der Waals surface area contributed by atoms with E-state index in [9.17, 15) is 31.5 Å². The van der Waals surface area contributed by atoms with Crippen molar-refractivity contribution >= 4 is 11.6 Å². The fourth-order valence-electron chi connectivity index (χ4n) is 5.20. The van der Waals surface area contributed by atoms with Gasteiger partial charge in [-0.15, -0.1) is 0 Å². The molecule has 2 aromatic carbocycles. The summed E-state index contributed by atoms with van der Waals surface area (Å²) < 4.78 is 108. The van der Waals surface area contributed by atoms with E-state index in [0.29, 0.717) is 38.4 Å². The van der Waals surface area contributed by atoms with Crippen LogP contribution in [0.4, 0.5) is 30.7 Å². The molecular weight excluding hydrogens is 561 g/mol. The highest BCUT2D eigenvalue weighted by Crippen LogP contribution is 2.38. The second-order valence-electron chi connectivity index (χ2n) is 9.93. The van der Waals surface area contributed by atoms with E-state index in [1.54, 1.807) is 6.07 Å². The first-order valence-corrected chi connectivity index (χ1v) is 12.9. The van der Waals surface area contributed by atoms with Crippen LogP contribution in [-0.2, 0) is 28.2 Å². The molecule has 2 aromatic rings. The van der Waals surface area contributed by atoms with Crippen molar-refractivity contribution in [1.29, 1.82) is 0 Å². The molecule has 3 heterocycles. The summed E-state index contributed by atoms with van der Waals surface area (Å²) in [6.45, 7) is 2.03. The molecule has 0 aromatic heterocycles. The summed E-state index contributed by atoms with van der Waals surface area (Å²) in [6, 6.07) is 5.71. The van der Waals surface area contributed by atoms with E-state index in [4.69, 9.17) is 9.47 Å². The SMILES string of the molecule is ON1C(c2ccccc2F)=CC(N2CCOCC2)OC2=NCNCC2C1Cc1cc(C(F)(F)F)cc(C(F)(F)F)c1. The largest absolute Gasteiger partial charge is 0.458 e. The van der Waals surface area contributed by atoms with Gasteiger partial charge in [-0.2, -0.15) is 26.3 Å². The molecule has 3 aliphatic rings. The van der Waals surface area contributed by atoms with E-state index in [0.717, 1.165) is 5.06 Å². The number of halogens is 7. The van der Waals surface area contributed by atoms with Gasteiger partial charge in [0.25, 0.3) is 0 Å². The van der Waals surface area contributed by atoms with Crippen LogP contribution in [0.3, 0.4) is 0 Å². The lowest BCUT2D eigenvalue weighted by molar-refractivity contribution is -0.143. The number of hydrogen-bond donors (Lipinski definition) is 2. The van der Waals surface area contributed by atoms with Crippen molar-refractivity contribution in [2.75, 3.05) is 39.5 Å². The zero-order valence-corrected chi connectivity index (χ0v) is 21.6. The highest BCUT2D eigenvalue weighted by molar-refractivity contribution is 5.82. The monoisotopic (exact) mass is 588 g/mol. The predicted octanol–water partition coefficient (Wildman–Crippen LogP) is 4.77. The van der Waals surface area contributed by atoms with E-state index in [2.05, 4.69) is 10.3 Å². The maximum Gasteiger partial charge on any atom is 0.416 e. The first kappa shape index (κ1) is 29.3. The quantitative estimate of drug-likeness (QED) is 0.502. The normalized spacial score (nSPS) is 24.5. The minimum atomic E-state index is -5.04. The third kappa shape index (κ3) is 6.50. The van der Waals surface area contributed by atoms with E-state index in [1.165, 1.54) is 24.3 Å². The van der Waals surface area contributed by atoms with Gasteiger partial charge in [-0.1, -0.05) is 12.1 Å². The van der Waals surface area contributed by atoms with Gasteiger partial charge < -0.3 is 9.47 Å². The van der Waals surface area contributed by atoms with Crippen LogP contribution in [0.1, 0.15) is 22.3 Å². The summed E-state index contributed by atoms with van der Waals surface area (Å²) >= 11 is 0. The second-order valence-corrected chi connectivity index (χ2v) is 9.93. The van der Waals surface area contributed by atoms with Gasteiger partial charge in [0, 0.05) is 25.2 Å². The van der Waals surface area contributed by atoms with Gasteiger partial charge in [0.05, 0.1) is 48.7 Å². The average Bonchev–Trinajstić information content (AvgIpc) is 2.93. The number of ether oxygens (including phenoxy) is 2. The van der Waals surface area contributed by atoms with Crippen LogP contribution >= 0.6 is 0 Å². The molecule has 14 heteroatoms. The topological polar surface area (TPSA) is 69.6 Å². The molecule has 3 unspecified atom stereocenters. The molecule has 0 aliphatic carbocycles. The van der Waals surface area contributed by atoms with Gasteiger partial charge in [-0.3, -0.25) is 20.5 Å². The molecule has 222 valence electrons. The molecule has 3 aliphatic heterocycles. The molecule has 7 nitrogen and oxygen atoms in total. The van der Waals surface area contributed by atoms with E-state index >= 15 is 4.39 Å². The second kappa shape index (κ2) is 11.6. The molecule has 5 rings (SSSR count). The fourth-order valence-corrected chi connectivity index (χ4v) is 5.20. The molecule has 1 fully saturated rings. The summed E-state index contributed by atoms with van der Waals surface area (Å²) in [5.74, 6) is -1.32. The first-order chi connectivity index (χ1) is 19.4. The average molecular weight is 589 g/mol. The summed E-state index contributed by atoms with van der Waals surface area (Å²) in [5, 5.41) is 15.4. The highest BCUT2D eigenvalue weighted by atomic mass is 19.4. The Kier molecular flexibility index (Phi) is 8.28. The maximum atomic E-state index is 15.1. The molecule has 2 N–H and O–H groups in total. The van der Waals surface area contributed by atoms with Gasteiger partial charge in [0.15, 0.2) is 12.1 Å². The molecule has 0 saturated carbocycles. The molecule has 1 saturated heterocycles. The fraction of sp³-hybridized carbons (Fsp3) is 0.444. The van der Waals surface area contributed by atoms with Crippen molar-refractivity contribution in [2.24, 2.45) is 10.9 Å². The van der Waals surface area contributed by atoms with Crippen molar-refractivity contribution < 1.29 is 45.4 Å². The summed E-state index contributed by atoms with van der Waals surface area (Å²) in [7, 11) is 0. The molecular formula is C27H27F7N4O3. The number of alkyl halides is 6. The van der Waals surface area contributed by atoms with Crippen LogP contribution in [0.25, 0.3) is 5.70 Å². The Balaban J connectivity index is 1.62. The van der Waals surface area contributed by atoms with E-state index < -0.39 is 53.9 Å². The third-order valence-corrected chi connectivity index (χ3v) is 7.24. The lowest BCUT2D eigenvalue weighted by Crippen LogP contribution is -2.54. The van der Waals surface area contributed by atoms with E-state index in [-0.39, 0.29) is 42.0 Å². The van der Waals surface area contributed by atoms with Gasteiger partial charge in [0.2, 0.25) is 0 Å². The summed E-state index contributed by atoms with van der Waals surface area (Å²) in [5.41, 5.74) is -3.33. The lowest BCUT2D eigenvalue weighted by atomic mass is 9.89. The molecule has 41 heavy (non-hydrogen) atoms. The number of benzene rings is 2. The number of hydroxylamine groups is 2. The third-order valence-electron chi connectivity index (χ3n) is 7.24. The Labute approximate surface area is 230 Å².